The van der Waals surface area contributed by atoms with E-state index in [0.717, 1.165) is 83.0 Å². The Kier molecular flexibility index (Phi) is 9.17. The predicted octanol–water partition coefficient (Wildman–Crippen LogP) is 9.94. The molecular weight excluding hydrogens is 757 g/mol. The van der Waals surface area contributed by atoms with E-state index in [1.165, 1.54) is 0 Å². The van der Waals surface area contributed by atoms with Crippen LogP contribution in [0.3, 0.4) is 0 Å². The smallest absolute Gasteiger partial charge is 0.275 e. The third kappa shape index (κ3) is 6.16. The summed E-state index contributed by atoms with van der Waals surface area (Å²) in [6.45, 7) is 11.1. The summed E-state index contributed by atoms with van der Waals surface area (Å²) >= 11 is 13.5. The molecule has 0 aliphatic carbocycles. The van der Waals surface area contributed by atoms with Gasteiger partial charge in [-0.05, 0) is 113 Å². The summed E-state index contributed by atoms with van der Waals surface area (Å²) < 4.78 is 12.2. The zero-order valence-corrected chi connectivity index (χ0v) is 34.1. The molecule has 0 bridgehead atoms. The molecule has 57 heavy (non-hydrogen) atoms. The van der Waals surface area contributed by atoms with Gasteiger partial charge in [0.15, 0.2) is 11.6 Å². The van der Waals surface area contributed by atoms with Crippen molar-refractivity contribution in [1.82, 2.24) is 39.1 Å². The third-order valence-electron chi connectivity index (χ3n) is 11.1. The van der Waals surface area contributed by atoms with Crippen molar-refractivity contribution in [2.75, 3.05) is 18.1 Å². The van der Waals surface area contributed by atoms with Gasteiger partial charge >= 0.3 is 0 Å². The number of aromatic amines is 1. The monoisotopic (exact) mass is 797 g/mol. The fourth-order valence-corrected chi connectivity index (χ4v) is 8.80. The van der Waals surface area contributed by atoms with Crippen LogP contribution >= 0.6 is 23.2 Å². The highest BCUT2D eigenvalue weighted by Crippen LogP contribution is 2.45. The molecule has 0 saturated heterocycles. The van der Waals surface area contributed by atoms with Gasteiger partial charge in [0.2, 0.25) is 0 Å². The lowest BCUT2D eigenvalue weighted by Gasteiger charge is -2.34. The molecule has 5 aromatic heterocycles. The second-order valence-corrected chi connectivity index (χ2v) is 15.8. The van der Waals surface area contributed by atoms with Crippen LogP contribution in [0.4, 0.5) is 5.69 Å². The van der Waals surface area contributed by atoms with Gasteiger partial charge < -0.3 is 18.8 Å². The summed E-state index contributed by atoms with van der Waals surface area (Å²) in [6, 6.07) is 19.7. The van der Waals surface area contributed by atoms with E-state index in [4.69, 9.17) is 33.0 Å². The van der Waals surface area contributed by atoms with Gasteiger partial charge in [0.05, 0.1) is 28.5 Å². The van der Waals surface area contributed by atoms with Gasteiger partial charge in [0, 0.05) is 75.7 Å². The van der Waals surface area contributed by atoms with Crippen molar-refractivity contribution in [3.63, 3.8) is 0 Å². The zero-order chi connectivity index (χ0) is 39.7. The Hall–Kier alpha value is -5.91. The fourth-order valence-electron chi connectivity index (χ4n) is 8.44. The molecule has 1 amide bonds. The number of ether oxygens (including phenoxy) is 1. The van der Waals surface area contributed by atoms with E-state index in [2.05, 4.69) is 54.4 Å². The van der Waals surface area contributed by atoms with Crippen molar-refractivity contribution >= 4 is 56.6 Å². The minimum Gasteiger partial charge on any atom is -0.494 e. The molecule has 288 valence electrons. The minimum atomic E-state index is -0.0934. The number of hydrogen-bond acceptors (Lipinski definition) is 6. The van der Waals surface area contributed by atoms with Crippen molar-refractivity contribution in [3.8, 4) is 34.1 Å². The standard InChI is InChI=1S/C44H41Cl2N9O2/c1-24-18-30(19-25(2)40(24)46)57-17-9-10-31-32-13-14-34(45)39(38-27(4)49-50-28(38)5)41(32)55-26(3)21-53(44(56)42(31)55)36-22-52(6)35-15-12-29(20-33(35)36)43-48-23-54(51-43)37-11-7-8-16-47-37/h7-8,11-16,18-20,22-23,26H,9-10,17,21H2,1-6H3,(H,49,50). The number of carbonyl (C=O) groups excluding carboxylic acids is 1. The minimum absolute atomic E-state index is 0.0673. The molecule has 8 aromatic rings. The molecule has 6 heterocycles. The van der Waals surface area contributed by atoms with Gasteiger partial charge in [-0.1, -0.05) is 35.3 Å². The number of hydrogen-bond donors (Lipinski definition) is 1. The van der Waals surface area contributed by atoms with Crippen molar-refractivity contribution in [1.29, 1.82) is 0 Å². The van der Waals surface area contributed by atoms with E-state index >= 15 is 4.79 Å². The molecule has 0 fully saturated rings. The molecule has 0 spiro atoms. The highest BCUT2D eigenvalue weighted by atomic mass is 35.5. The van der Waals surface area contributed by atoms with E-state index in [0.29, 0.717) is 48.4 Å². The van der Waals surface area contributed by atoms with Crippen LogP contribution in [0, 0.1) is 27.7 Å². The molecule has 0 saturated carbocycles. The topological polar surface area (TPSA) is 112 Å². The van der Waals surface area contributed by atoms with Crippen LogP contribution in [0.15, 0.2) is 79.4 Å². The van der Waals surface area contributed by atoms with Gasteiger partial charge in [-0.2, -0.15) is 5.10 Å². The summed E-state index contributed by atoms with van der Waals surface area (Å²) in [7, 11) is 2.01. The number of H-pyrrole nitrogens is 1. The fraction of sp³-hybridized carbons (Fsp3) is 0.250. The van der Waals surface area contributed by atoms with Crippen LogP contribution in [0.1, 0.15) is 58.0 Å². The molecule has 0 radical (unpaired) electrons. The summed E-state index contributed by atoms with van der Waals surface area (Å²) in [5.74, 6) is 1.96. The Morgan fingerprint density at radius 2 is 1.75 bits per heavy atom. The lowest BCUT2D eigenvalue weighted by Crippen LogP contribution is -2.42. The quantitative estimate of drug-likeness (QED) is 0.146. The molecule has 1 aliphatic heterocycles. The molecule has 3 aromatic carbocycles. The lowest BCUT2D eigenvalue weighted by molar-refractivity contribution is 0.0957. The second kappa shape index (κ2) is 14.2. The SMILES string of the molecule is Cc1cc(OCCCc2c3n(c4c(-c5c(C)n[nH]c5C)c(Cl)ccc24)C(C)CN(c2cn(C)c4ccc(-c5ncn(-c6ccccn6)n5)cc24)C3=O)cc(C)c1Cl. The summed E-state index contributed by atoms with van der Waals surface area (Å²) in [6.07, 6.45) is 6.74. The van der Waals surface area contributed by atoms with Crippen LogP contribution in [0.2, 0.25) is 10.0 Å². The Morgan fingerprint density at radius 3 is 2.49 bits per heavy atom. The van der Waals surface area contributed by atoms with Crippen molar-refractivity contribution in [2.24, 2.45) is 7.05 Å². The van der Waals surface area contributed by atoms with E-state index in [1.807, 2.05) is 88.3 Å². The maximum absolute atomic E-state index is 15.3. The number of halogens is 2. The normalized spacial score (nSPS) is 14.3. The molecule has 13 heteroatoms. The Labute approximate surface area is 339 Å². The molecule has 9 rings (SSSR count). The number of nitrogens with one attached hydrogen (secondary N) is 1. The van der Waals surface area contributed by atoms with E-state index < -0.39 is 0 Å². The van der Waals surface area contributed by atoms with Crippen LogP contribution < -0.4 is 9.64 Å². The lowest BCUT2D eigenvalue weighted by atomic mass is 9.98. The van der Waals surface area contributed by atoms with Gasteiger partial charge in [0.25, 0.3) is 5.91 Å². The van der Waals surface area contributed by atoms with Gasteiger partial charge in [-0.25, -0.2) is 14.6 Å². The maximum atomic E-state index is 15.3. The highest BCUT2D eigenvalue weighted by Gasteiger charge is 2.37. The Bertz CT molecular complexity index is 2830. The third-order valence-corrected chi connectivity index (χ3v) is 12.0. The van der Waals surface area contributed by atoms with Gasteiger partial charge in [0.1, 0.15) is 17.8 Å². The number of rotatable bonds is 9. The number of benzene rings is 3. The number of amides is 1. The molecule has 1 N–H and O–H groups in total. The highest BCUT2D eigenvalue weighted by molar-refractivity contribution is 6.35. The Morgan fingerprint density at radius 1 is 0.947 bits per heavy atom. The summed E-state index contributed by atoms with van der Waals surface area (Å²) in [5.41, 5.74) is 10.8. The predicted molar refractivity (Wildman–Crippen MR) is 226 cm³/mol. The van der Waals surface area contributed by atoms with Crippen molar-refractivity contribution in [2.45, 2.75) is 53.5 Å². The average Bonchev–Trinajstić information content (AvgIpc) is 3.98. The first-order valence-corrected chi connectivity index (χ1v) is 19.8. The Balaban J connectivity index is 1.14. The summed E-state index contributed by atoms with van der Waals surface area (Å²) in [5, 5.41) is 15.7. The molecular formula is C44H41Cl2N9O2. The maximum Gasteiger partial charge on any atom is 0.275 e. The molecule has 1 aliphatic rings. The zero-order valence-electron chi connectivity index (χ0n) is 32.6. The number of pyridine rings is 1. The summed E-state index contributed by atoms with van der Waals surface area (Å²) in [4.78, 5) is 26.2. The first-order chi connectivity index (χ1) is 27.5. The van der Waals surface area contributed by atoms with E-state index in [1.54, 1.807) is 17.2 Å². The van der Waals surface area contributed by atoms with Crippen LogP contribution in [-0.4, -0.2) is 58.1 Å². The van der Waals surface area contributed by atoms with Crippen LogP contribution in [-0.2, 0) is 13.5 Å². The largest absolute Gasteiger partial charge is 0.494 e. The average molecular weight is 799 g/mol. The van der Waals surface area contributed by atoms with Gasteiger partial charge in [-0.3, -0.25) is 9.89 Å². The van der Waals surface area contributed by atoms with Crippen molar-refractivity contribution in [3.05, 3.63) is 123 Å². The number of carbonyl (C=O) groups is 1. The number of aryl methyl sites for hydroxylation is 6. The molecule has 1 unspecified atom stereocenters. The van der Waals surface area contributed by atoms with Crippen LogP contribution in [0.5, 0.6) is 5.75 Å². The van der Waals surface area contributed by atoms with E-state index in [9.17, 15) is 0 Å². The second-order valence-electron chi connectivity index (χ2n) is 15.0. The number of fused-ring (bicyclic) bond motifs is 4. The van der Waals surface area contributed by atoms with E-state index in [-0.39, 0.29) is 11.9 Å². The first kappa shape index (κ1) is 36.7. The van der Waals surface area contributed by atoms with Gasteiger partial charge in [-0.15, -0.1) is 5.10 Å². The first-order valence-electron chi connectivity index (χ1n) is 19.0. The number of anilines is 1. The number of nitrogens with zero attached hydrogens (tertiary/aromatic N) is 8. The van der Waals surface area contributed by atoms with Crippen LogP contribution in [0.25, 0.3) is 50.1 Å². The number of aromatic nitrogens is 8. The molecule has 11 nitrogen and oxygen atoms in total. The molecule has 1 atom stereocenters. The van der Waals surface area contributed by atoms with Crippen molar-refractivity contribution < 1.29 is 9.53 Å².